The van der Waals surface area contributed by atoms with Crippen LogP contribution in [0.3, 0.4) is 0 Å². The first kappa shape index (κ1) is 22.1. The van der Waals surface area contributed by atoms with Crippen molar-refractivity contribution >= 4 is 17.6 Å². The third-order valence-electron chi connectivity index (χ3n) is 7.60. The number of aryl methyl sites for hydroxylation is 2. The topological polar surface area (TPSA) is 66.4 Å². The molecular formula is C27H34N4O2. The number of hydrogen-bond acceptors (Lipinski definition) is 4. The Morgan fingerprint density at radius 3 is 2.48 bits per heavy atom. The van der Waals surface area contributed by atoms with E-state index in [1.807, 2.05) is 16.7 Å². The number of benzene rings is 1. The van der Waals surface area contributed by atoms with E-state index in [0.717, 1.165) is 67.7 Å². The van der Waals surface area contributed by atoms with E-state index >= 15 is 0 Å². The summed E-state index contributed by atoms with van der Waals surface area (Å²) in [6.45, 7) is 5.38. The largest absolute Gasteiger partial charge is 0.332 e. The maximum atomic E-state index is 13.3. The molecule has 0 N–H and O–H groups in total. The molecule has 1 saturated heterocycles. The monoisotopic (exact) mass is 446 g/mol. The summed E-state index contributed by atoms with van der Waals surface area (Å²) >= 11 is 0. The summed E-state index contributed by atoms with van der Waals surface area (Å²) in [6, 6.07) is 8.23. The normalized spacial score (nSPS) is 21.4. The molecule has 2 fully saturated rings. The lowest BCUT2D eigenvalue weighted by atomic mass is 9.88. The Hall–Kier alpha value is -2.76. The smallest absolute Gasteiger partial charge is 0.228 e. The second-order valence-electron chi connectivity index (χ2n) is 9.96. The Bertz CT molecular complexity index is 1040. The second kappa shape index (κ2) is 9.24. The van der Waals surface area contributed by atoms with Crippen molar-refractivity contribution in [2.45, 2.75) is 84.2 Å². The van der Waals surface area contributed by atoms with Crippen LogP contribution in [-0.4, -0.2) is 33.2 Å². The Kier molecular flexibility index (Phi) is 6.17. The molecule has 1 aliphatic carbocycles. The second-order valence-corrected chi connectivity index (χ2v) is 9.96. The lowest BCUT2D eigenvalue weighted by Gasteiger charge is -2.32. The third kappa shape index (κ3) is 4.40. The average Bonchev–Trinajstić information content (AvgIpc) is 3.32. The highest BCUT2D eigenvalue weighted by Crippen LogP contribution is 2.37. The molecule has 6 heteroatoms. The highest BCUT2D eigenvalue weighted by atomic mass is 16.2. The minimum atomic E-state index is -0.0818. The van der Waals surface area contributed by atoms with Crippen molar-refractivity contribution in [3.8, 4) is 0 Å². The van der Waals surface area contributed by atoms with Crippen LogP contribution in [0.25, 0.3) is 0 Å². The molecule has 3 aliphatic rings. The SMILES string of the molecule is Cc1ccc(CN2C(=O)CCc3c(C)nc(C4CCCN4C(=O)C4CCCCC4)nc32)cc1. The van der Waals surface area contributed by atoms with E-state index in [1.165, 1.54) is 12.0 Å². The van der Waals surface area contributed by atoms with Gasteiger partial charge in [0.25, 0.3) is 0 Å². The number of hydrogen-bond donors (Lipinski definition) is 0. The fourth-order valence-corrected chi connectivity index (χ4v) is 5.67. The zero-order valence-electron chi connectivity index (χ0n) is 19.8. The molecule has 174 valence electrons. The molecule has 0 radical (unpaired) electrons. The first-order chi connectivity index (χ1) is 16.0. The standard InChI is InChI=1S/C27H34N4O2/c1-18-10-12-20(13-11-18)17-31-24(32)15-14-22-19(2)28-25(29-26(22)31)23-9-6-16-30(23)27(33)21-7-4-3-5-8-21/h10-13,21,23H,3-9,14-17H2,1-2H3. The van der Waals surface area contributed by atoms with Gasteiger partial charge >= 0.3 is 0 Å². The van der Waals surface area contributed by atoms with Crippen LogP contribution in [0.15, 0.2) is 24.3 Å². The quantitative estimate of drug-likeness (QED) is 0.676. The van der Waals surface area contributed by atoms with Gasteiger partial charge in [0.05, 0.1) is 12.6 Å². The highest BCUT2D eigenvalue weighted by molar-refractivity contribution is 5.95. The van der Waals surface area contributed by atoms with Crippen LogP contribution in [0.5, 0.6) is 0 Å². The molecule has 1 saturated carbocycles. The van der Waals surface area contributed by atoms with E-state index in [0.29, 0.717) is 25.2 Å². The van der Waals surface area contributed by atoms with Gasteiger partial charge in [-0.3, -0.25) is 14.5 Å². The molecule has 0 bridgehead atoms. The van der Waals surface area contributed by atoms with Crippen LogP contribution in [-0.2, 0) is 22.6 Å². The van der Waals surface area contributed by atoms with Gasteiger partial charge in [-0.15, -0.1) is 0 Å². The van der Waals surface area contributed by atoms with Gasteiger partial charge in [0.1, 0.15) is 5.82 Å². The fourth-order valence-electron chi connectivity index (χ4n) is 5.67. The number of amides is 2. The van der Waals surface area contributed by atoms with E-state index in [1.54, 1.807) is 0 Å². The lowest BCUT2D eigenvalue weighted by molar-refractivity contribution is -0.137. The van der Waals surface area contributed by atoms with Crippen molar-refractivity contribution in [2.75, 3.05) is 11.4 Å². The molecule has 3 heterocycles. The summed E-state index contributed by atoms with van der Waals surface area (Å²) in [6.07, 6.45) is 8.59. The molecule has 2 aliphatic heterocycles. The van der Waals surface area contributed by atoms with Gasteiger partial charge in [-0.25, -0.2) is 9.97 Å². The number of likely N-dealkylation sites (tertiary alicyclic amines) is 1. The molecule has 6 nitrogen and oxygen atoms in total. The Morgan fingerprint density at radius 2 is 1.73 bits per heavy atom. The van der Waals surface area contributed by atoms with Crippen LogP contribution < -0.4 is 4.90 Å². The molecule has 33 heavy (non-hydrogen) atoms. The summed E-state index contributed by atoms with van der Waals surface area (Å²) in [5.41, 5.74) is 4.30. The zero-order chi connectivity index (χ0) is 22.9. The minimum Gasteiger partial charge on any atom is -0.332 e. The van der Waals surface area contributed by atoms with E-state index in [4.69, 9.17) is 9.97 Å². The first-order valence-electron chi connectivity index (χ1n) is 12.5. The number of nitrogens with zero attached hydrogens (tertiary/aromatic N) is 4. The predicted molar refractivity (Wildman–Crippen MR) is 128 cm³/mol. The molecule has 5 rings (SSSR count). The van der Waals surface area contributed by atoms with E-state index < -0.39 is 0 Å². The molecule has 1 aromatic heterocycles. The van der Waals surface area contributed by atoms with Gasteiger partial charge in [-0.2, -0.15) is 0 Å². The van der Waals surface area contributed by atoms with E-state index in [2.05, 4.69) is 31.2 Å². The number of aromatic nitrogens is 2. The Labute approximate surface area is 196 Å². The third-order valence-corrected chi connectivity index (χ3v) is 7.60. The summed E-state index contributed by atoms with van der Waals surface area (Å²) in [4.78, 5) is 40.0. The van der Waals surface area contributed by atoms with Crippen molar-refractivity contribution in [3.05, 3.63) is 52.5 Å². The van der Waals surface area contributed by atoms with Gasteiger partial charge < -0.3 is 4.90 Å². The first-order valence-corrected chi connectivity index (χ1v) is 12.5. The fraction of sp³-hybridized carbons (Fsp3) is 0.556. The van der Waals surface area contributed by atoms with E-state index in [9.17, 15) is 9.59 Å². The minimum absolute atomic E-state index is 0.0818. The number of rotatable bonds is 4. The summed E-state index contributed by atoms with van der Waals surface area (Å²) in [5, 5.41) is 0. The van der Waals surface area contributed by atoms with Crippen molar-refractivity contribution in [1.82, 2.24) is 14.9 Å². The molecule has 2 amide bonds. The number of anilines is 1. The van der Waals surface area contributed by atoms with Crippen LogP contribution in [0, 0.1) is 19.8 Å². The molecule has 2 aromatic rings. The zero-order valence-corrected chi connectivity index (χ0v) is 19.8. The van der Waals surface area contributed by atoms with Crippen LogP contribution in [0.1, 0.15) is 85.6 Å². The van der Waals surface area contributed by atoms with Crippen molar-refractivity contribution < 1.29 is 9.59 Å². The maximum absolute atomic E-state index is 13.3. The summed E-state index contributed by atoms with van der Waals surface area (Å²) in [5.74, 6) is 1.98. The lowest BCUT2D eigenvalue weighted by Crippen LogP contribution is -2.39. The summed E-state index contributed by atoms with van der Waals surface area (Å²) < 4.78 is 0. The summed E-state index contributed by atoms with van der Waals surface area (Å²) in [7, 11) is 0. The van der Waals surface area contributed by atoms with Crippen LogP contribution in [0.2, 0.25) is 0 Å². The number of fused-ring (bicyclic) bond motifs is 1. The molecular weight excluding hydrogens is 412 g/mol. The van der Waals surface area contributed by atoms with Crippen LogP contribution in [0.4, 0.5) is 5.82 Å². The van der Waals surface area contributed by atoms with E-state index in [-0.39, 0.29) is 23.8 Å². The van der Waals surface area contributed by atoms with Crippen molar-refractivity contribution in [3.63, 3.8) is 0 Å². The van der Waals surface area contributed by atoms with Gasteiger partial charge in [0.15, 0.2) is 5.82 Å². The van der Waals surface area contributed by atoms with Gasteiger partial charge in [0.2, 0.25) is 11.8 Å². The highest BCUT2D eigenvalue weighted by Gasteiger charge is 2.37. The van der Waals surface area contributed by atoms with Crippen molar-refractivity contribution in [1.29, 1.82) is 0 Å². The van der Waals surface area contributed by atoms with Crippen molar-refractivity contribution in [2.24, 2.45) is 5.92 Å². The van der Waals surface area contributed by atoms with Crippen LogP contribution >= 0.6 is 0 Å². The average molecular weight is 447 g/mol. The predicted octanol–water partition coefficient (Wildman–Crippen LogP) is 4.82. The Morgan fingerprint density at radius 1 is 0.970 bits per heavy atom. The molecule has 1 aromatic carbocycles. The maximum Gasteiger partial charge on any atom is 0.228 e. The number of carbonyl (C=O) groups excluding carboxylic acids is 2. The van der Waals surface area contributed by atoms with Gasteiger partial charge in [-0.05, 0) is 51.5 Å². The Balaban J connectivity index is 1.45. The molecule has 1 unspecified atom stereocenters. The number of carbonyl (C=O) groups is 2. The van der Waals surface area contributed by atoms with Gasteiger partial charge in [0, 0.05) is 30.1 Å². The molecule has 1 atom stereocenters. The van der Waals surface area contributed by atoms with Gasteiger partial charge in [-0.1, -0.05) is 49.1 Å². The molecule has 0 spiro atoms.